The molecule has 0 bridgehead atoms. The zero-order valence-corrected chi connectivity index (χ0v) is 17.7. The summed E-state index contributed by atoms with van der Waals surface area (Å²) in [5.74, 6) is 1.24. The molecule has 28 heavy (non-hydrogen) atoms. The van der Waals surface area contributed by atoms with Gasteiger partial charge in [-0.2, -0.15) is 4.98 Å². The summed E-state index contributed by atoms with van der Waals surface area (Å²) in [6.07, 6.45) is 0.816. The summed E-state index contributed by atoms with van der Waals surface area (Å²) in [6, 6.07) is 5.27. The van der Waals surface area contributed by atoms with E-state index in [0.29, 0.717) is 40.6 Å². The summed E-state index contributed by atoms with van der Waals surface area (Å²) in [7, 11) is 3.60. The quantitative estimate of drug-likeness (QED) is 0.738. The lowest BCUT2D eigenvalue weighted by molar-refractivity contribution is 0.222. The number of imidazole rings is 1. The first kappa shape index (κ1) is 20.5. The lowest BCUT2D eigenvalue weighted by Crippen LogP contribution is -2.44. The molecule has 1 aliphatic heterocycles. The minimum absolute atomic E-state index is 0.161. The van der Waals surface area contributed by atoms with Gasteiger partial charge >= 0.3 is 6.03 Å². The Morgan fingerprint density at radius 1 is 1.29 bits per heavy atom. The van der Waals surface area contributed by atoms with Gasteiger partial charge in [0.25, 0.3) is 0 Å². The van der Waals surface area contributed by atoms with E-state index in [2.05, 4.69) is 16.9 Å². The molecule has 2 heterocycles. The Kier molecular flexibility index (Phi) is 5.88. The Bertz CT molecular complexity index is 925. The van der Waals surface area contributed by atoms with Crippen molar-refractivity contribution in [2.75, 3.05) is 23.8 Å². The molecule has 3 N–H and O–H groups in total. The van der Waals surface area contributed by atoms with E-state index in [1.54, 1.807) is 24.1 Å². The van der Waals surface area contributed by atoms with E-state index in [0.717, 1.165) is 17.7 Å². The third-order valence-electron chi connectivity index (χ3n) is 4.81. The third kappa shape index (κ3) is 3.70. The number of nitrogens with zero attached hydrogens (tertiary/aromatic N) is 4. The number of amides is 2. The zero-order valence-electron chi connectivity index (χ0n) is 16.2. The normalized spacial score (nSPS) is 15.1. The van der Waals surface area contributed by atoms with Crippen LogP contribution in [0.15, 0.2) is 24.8 Å². The van der Waals surface area contributed by atoms with Gasteiger partial charge < -0.3 is 15.6 Å². The second kappa shape index (κ2) is 8.03. The molecule has 2 aromatic rings. The first-order valence-corrected chi connectivity index (χ1v) is 9.72. The van der Waals surface area contributed by atoms with Crippen LogP contribution in [-0.4, -0.2) is 40.1 Å². The molecular formula is C19H24Cl2N6O. The van der Waals surface area contributed by atoms with Gasteiger partial charge in [0.1, 0.15) is 5.69 Å². The standard InChI is InChI=1S/C19H24Cl2N6O/c1-11(7-8-22)23-18-24-17-16(25(18)3)12(2)27(19(28)26(17)4)10-13-5-6-14(20)15(21)9-13/h5-6,9,11H,2,7-8,10,22H2,1,3-4H3,(H,23,24)/t11-/m0/s1. The predicted octanol–water partition coefficient (Wildman–Crippen LogP) is 3.92. The first-order valence-electron chi connectivity index (χ1n) is 8.96. The number of rotatable bonds is 6. The highest BCUT2D eigenvalue weighted by molar-refractivity contribution is 6.42. The lowest BCUT2D eigenvalue weighted by Gasteiger charge is -2.34. The van der Waals surface area contributed by atoms with E-state index in [4.69, 9.17) is 28.9 Å². The zero-order chi connectivity index (χ0) is 20.6. The van der Waals surface area contributed by atoms with Gasteiger partial charge in [0, 0.05) is 20.1 Å². The predicted molar refractivity (Wildman–Crippen MR) is 115 cm³/mol. The van der Waals surface area contributed by atoms with Gasteiger partial charge in [0.15, 0.2) is 5.82 Å². The molecule has 0 saturated heterocycles. The first-order chi connectivity index (χ1) is 13.2. The summed E-state index contributed by atoms with van der Waals surface area (Å²) < 4.78 is 1.91. The minimum Gasteiger partial charge on any atom is -0.353 e. The molecule has 2 amide bonds. The second-order valence-electron chi connectivity index (χ2n) is 6.91. The van der Waals surface area contributed by atoms with Crippen LogP contribution in [0.5, 0.6) is 0 Å². The number of hydrogen-bond acceptors (Lipinski definition) is 4. The van der Waals surface area contributed by atoms with E-state index in [1.165, 1.54) is 4.90 Å². The van der Waals surface area contributed by atoms with Crippen molar-refractivity contribution in [1.29, 1.82) is 0 Å². The van der Waals surface area contributed by atoms with Crippen LogP contribution < -0.4 is 16.0 Å². The van der Waals surface area contributed by atoms with Crippen LogP contribution in [0.2, 0.25) is 10.0 Å². The molecule has 1 atom stereocenters. The molecule has 0 spiro atoms. The molecule has 0 fully saturated rings. The van der Waals surface area contributed by atoms with Crippen molar-refractivity contribution >= 4 is 46.7 Å². The number of benzene rings is 1. The SMILES string of the molecule is C=C1c2c(nc(N[C@@H](C)CCN)n2C)N(C)C(=O)N1Cc1ccc(Cl)c(Cl)c1. The van der Waals surface area contributed by atoms with E-state index in [-0.39, 0.29) is 12.1 Å². The highest BCUT2D eigenvalue weighted by Crippen LogP contribution is 2.37. The Hall–Kier alpha value is -2.22. The number of halogens is 2. The number of aromatic nitrogens is 2. The average molecular weight is 423 g/mol. The van der Waals surface area contributed by atoms with Crippen molar-refractivity contribution in [2.45, 2.75) is 25.9 Å². The van der Waals surface area contributed by atoms with Crippen LogP contribution >= 0.6 is 23.2 Å². The molecule has 9 heteroatoms. The number of nitrogens with one attached hydrogen (secondary N) is 1. The molecule has 3 rings (SSSR count). The third-order valence-corrected chi connectivity index (χ3v) is 5.55. The van der Waals surface area contributed by atoms with Crippen LogP contribution in [-0.2, 0) is 13.6 Å². The molecule has 0 radical (unpaired) electrons. The largest absolute Gasteiger partial charge is 0.353 e. The molecule has 1 aromatic heterocycles. The number of carbonyl (C=O) groups excluding carboxylic acids is 1. The number of carbonyl (C=O) groups is 1. The van der Waals surface area contributed by atoms with Gasteiger partial charge in [-0.25, -0.2) is 4.79 Å². The lowest BCUT2D eigenvalue weighted by atomic mass is 10.1. The van der Waals surface area contributed by atoms with Crippen LogP contribution in [0.25, 0.3) is 5.70 Å². The molecule has 0 unspecified atom stereocenters. The van der Waals surface area contributed by atoms with E-state index in [1.807, 2.05) is 24.6 Å². The van der Waals surface area contributed by atoms with Crippen molar-refractivity contribution in [1.82, 2.24) is 14.5 Å². The van der Waals surface area contributed by atoms with Crippen LogP contribution in [0.4, 0.5) is 16.6 Å². The molecule has 150 valence electrons. The smallest absolute Gasteiger partial charge is 0.330 e. The molecular weight excluding hydrogens is 399 g/mol. The Morgan fingerprint density at radius 3 is 2.64 bits per heavy atom. The van der Waals surface area contributed by atoms with Crippen LogP contribution in [0, 0.1) is 0 Å². The number of urea groups is 1. The topological polar surface area (TPSA) is 79.4 Å². The molecule has 0 saturated carbocycles. The fraction of sp³-hybridized carbons (Fsp3) is 0.368. The highest BCUT2D eigenvalue weighted by atomic mass is 35.5. The summed E-state index contributed by atoms with van der Waals surface area (Å²) in [6.45, 7) is 7.11. The van der Waals surface area contributed by atoms with E-state index >= 15 is 0 Å². The number of fused-ring (bicyclic) bond motifs is 1. The van der Waals surface area contributed by atoms with Crippen molar-refractivity contribution in [3.05, 3.63) is 46.1 Å². The molecule has 1 aromatic carbocycles. The van der Waals surface area contributed by atoms with Gasteiger partial charge in [-0.05, 0) is 37.6 Å². The monoisotopic (exact) mass is 422 g/mol. The van der Waals surface area contributed by atoms with Crippen molar-refractivity contribution in [3.63, 3.8) is 0 Å². The molecule has 1 aliphatic rings. The van der Waals surface area contributed by atoms with Crippen molar-refractivity contribution < 1.29 is 4.79 Å². The van der Waals surface area contributed by atoms with Gasteiger partial charge in [-0.1, -0.05) is 35.8 Å². The summed E-state index contributed by atoms with van der Waals surface area (Å²) in [4.78, 5) is 20.7. The van der Waals surface area contributed by atoms with Crippen molar-refractivity contribution in [3.8, 4) is 0 Å². The maximum atomic E-state index is 12.9. The summed E-state index contributed by atoms with van der Waals surface area (Å²) in [5.41, 5.74) is 7.86. The van der Waals surface area contributed by atoms with E-state index in [9.17, 15) is 4.79 Å². The van der Waals surface area contributed by atoms with Gasteiger partial charge in [-0.3, -0.25) is 9.80 Å². The highest BCUT2D eigenvalue weighted by Gasteiger charge is 2.35. The van der Waals surface area contributed by atoms with Crippen LogP contribution in [0.3, 0.4) is 0 Å². The van der Waals surface area contributed by atoms with Gasteiger partial charge in [0.05, 0.1) is 22.3 Å². The van der Waals surface area contributed by atoms with Gasteiger partial charge in [0.2, 0.25) is 5.95 Å². The van der Waals surface area contributed by atoms with E-state index < -0.39 is 0 Å². The molecule has 0 aliphatic carbocycles. The fourth-order valence-electron chi connectivity index (χ4n) is 3.21. The van der Waals surface area contributed by atoms with Crippen molar-refractivity contribution in [2.24, 2.45) is 12.8 Å². The summed E-state index contributed by atoms with van der Waals surface area (Å²) >= 11 is 12.1. The maximum Gasteiger partial charge on any atom is 0.330 e. The van der Waals surface area contributed by atoms with Crippen LogP contribution in [0.1, 0.15) is 24.6 Å². The Labute approximate surface area is 174 Å². The second-order valence-corrected chi connectivity index (χ2v) is 7.73. The Balaban J connectivity index is 1.92. The average Bonchev–Trinajstić information content (AvgIpc) is 2.96. The number of nitrogens with two attached hydrogens (primary N) is 1. The van der Waals surface area contributed by atoms with Gasteiger partial charge in [-0.15, -0.1) is 0 Å². The summed E-state index contributed by atoms with van der Waals surface area (Å²) in [5, 5.41) is 4.27. The number of anilines is 2. The molecule has 7 nitrogen and oxygen atoms in total. The fourth-order valence-corrected chi connectivity index (χ4v) is 3.53. The maximum absolute atomic E-state index is 12.9. The number of hydrogen-bond donors (Lipinski definition) is 2. The Morgan fingerprint density at radius 2 is 2.00 bits per heavy atom. The minimum atomic E-state index is -0.205.